The van der Waals surface area contributed by atoms with Gasteiger partial charge in [-0.25, -0.2) is 8.42 Å². The van der Waals surface area contributed by atoms with E-state index in [1.165, 1.54) is 37.3 Å². The number of carbonyl (C=O) groups is 1. The van der Waals surface area contributed by atoms with Crippen LogP contribution in [-0.2, 0) is 21.2 Å². The van der Waals surface area contributed by atoms with E-state index >= 15 is 0 Å². The molecule has 8 nitrogen and oxygen atoms in total. The van der Waals surface area contributed by atoms with Crippen molar-refractivity contribution in [3.8, 4) is 0 Å². The summed E-state index contributed by atoms with van der Waals surface area (Å²) in [7, 11) is -4.04. The van der Waals surface area contributed by atoms with Gasteiger partial charge in [-0.3, -0.25) is 19.2 Å². The lowest BCUT2D eigenvalue weighted by molar-refractivity contribution is -0.385. The molecule has 1 N–H and O–H groups in total. The molecule has 0 aliphatic carbocycles. The zero-order valence-corrected chi connectivity index (χ0v) is 18.5. The van der Waals surface area contributed by atoms with Crippen molar-refractivity contribution in [2.45, 2.75) is 25.2 Å². The van der Waals surface area contributed by atoms with Crippen molar-refractivity contribution < 1.29 is 18.1 Å². The van der Waals surface area contributed by atoms with Crippen molar-refractivity contribution in [1.82, 2.24) is 0 Å². The van der Waals surface area contributed by atoms with Crippen molar-refractivity contribution in [2.24, 2.45) is 0 Å². The summed E-state index contributed by atoms with van der Waals surface area (Å²) in [6, 6.07) is 19.2. The number of aryl methyl sites for hydroxylation is 1. The van der Waals surface area contributed by atoms with Crippen molar-refractivity contribution >= 4 is 33.0 Å². The third-order valence-corrected chi connectivity index (χ3v) is 6.81. The van der Waals surface area contributed by atoms with Gasteiger partial charge in [0.05, 0.1) is 26.8 Å². The molecular formula is C23H23N3O5S. The molecule has 0 fully saturated rings. The van der Waals surface area contributed by atoms with Gasteiger partial charge in [0.1, 0.15) is 6.54 Å². The fourth-order valence-corrected chi connectivity index (χ4v) is 4.83. The van der Waals surface area contributed by atoms with Crippen LogP contribution in [0.25, 0.3) is 0 Å². The highest BCUT2D eigenvalue weighted by molar-refractivity contribution is 7.92. The minimum atomic E-state index is -4.04. The fourth-order valence-electron chi connectivity index (χ4n) is 3.35. The van der Waals surface area contributed by atoms with Gasteiger partial charge in [-0.15, -0.1) is 0 Å². The van der Waals surface area contributed by atoms with Crippen molar-refractivity contribution in [1.29, 1.82) is 0 Å². The molecule has 0 aromatic heterocycles. The zero-order valence-electron chi connectivity index (χ0n) is 17.7. The van der Waals surface area contributed by atoms with Crippen LogP contribution in [0.15, 0.2) is 77.7 Å². The van der Waals surface area contributed by atoms with Crippen LogP contribution in [0.4, 0.5) is 17.1 Å². The molecule has 166 valence electrons. The van der Waals surface area contributed by atoms with Crippen LogP contribution >= 0.6 is 0 Å². The van der Waals surface area contributed by atoms with Gasteiger partial charge in [0, 0.05) is 6.07 Å². The molecule has 32 heavy (non-hydrogen) atoms. The molecule has 0 unspecified atom stereocenters. The summed E-state index contributed by atoms with van der Waals surface area (Å²) in [5.41, 5.74) is 1.59. The Morgan fingerprint density at radius 2 is 1.66 bits per heavy atom. The molecule has 0 saturated carbocycles. The Hall–Kier alpha value is -3.72. The summed E-state index contributed by atoms with van der Waals surface area (Å²) in [6.45, 7) is 2.94. The molecule has 0 aliphatic rings. The van der Waals surface area contributed by atoms with E-state index in [4.69, 9.17) is 0 Å². The first-order valence-corrected chi connectivity index (χ1v) is 11.4. The lowest BCUT2D eigenvalue weighted by Gasteiger charge is -2.26. The lowest BCUT2D eigenvalue weighted by Crippen LogP contribution is -2.38. The van der Waals surface area contributed by atoms with Crippen molar-refractivity contribution in [3.63, 3.8) is 0 Å². The van der Waals surface area contributed by atoms with Gasteiger partial charge < -0.3 is 5.32 Å². The van der Waals surface area contributed by atoms with E-state index in [0.29, 0.717) is 12.1 Å². The molecule has 9 heteroatoms. The van der Waals surface area contributed by atoms with Gasteiger partial charge in [-0.1, -0.05) is 49.4 Å². The second-order valence-electron chi connectivity index (χ2n) is 7.06. The Bertz CT molecular complexity index is 1240. The first-order valence-electron chi connectivity index (χ1n) is 9.95. The van der Waals surface area contributed by atoms with Crippen LogP contribution in [0, 0.1) is 17.0 Å². The van der Waals surface area contributed by atoms with E-state index in [0.717, 1.165) is 9.87 Å². The number of benzene rings is 3. The Labute approximate surface area is 186 Å². The molecule has 0 atom stereocenters. The number of sulfonamides is 1. The van der Waals surface area contributed by atoms with Gasteiger partial charge >= 0.3 is 0 Å². The second kappa shape index (κ2) is 9.61. The first kappa shape index (κ1) is 23.0. The number of nitro benzene ring substituents is 1. The minimum absolute atomic E-state index is 0.0604. The summed E-state index contributed by atoms with van der Waals surface area (Å²) in [6.07, 6.45) is 0.572. The zero-order chi connectivity index (χ0) is 23.3. The number of rotatable bonds is 8. The van der Waals surface area contributed by atoms with Crippen LogP contribution < -0.4 is 9.62 Å². The molecule has 0 radical (unpaired) electrons. The summed E-state index contributed by atoms with van der Waals surface area (Å²) >= 11 is 0. The lowest BCUT2D eigenvalue weighted by atomic mass is 10.1. The highest BCUT2D eigenvalue weighted by Crippen LogP contribution is 2.28. The molecule has 0 saturated heterocycles. The molecule has 0 spiro atoms. The topological polar surface area (TPSA) is 110 Å². The number of hydrogen-bond donors (Lipinski definition) is 1. The van der Waals surface area contributed by atoms with Crippen LogP contribution in [-0.4, -0.2) is 25.8 Å². The number of nitrogens with one attached hydrogen (secondary N) is 1. The number of amides is 1. The Morgan fingerprint density at radius 1 is 1.00 bits per heavy atom. The molecule has 3 aromatic carbocycles. The van der Waals surface area contributed by atoms with Gasteiger partial charge in [0.15, 0.2) is 0 Å². The van der Waals surface area contributed by atoms with Gasteiger partial charge in [0.25, 0.3) is 15.7 Å². The molecular weight excluding hydrogens is 430 g/mol. The quantitative estimate of drug-likeness (QED) is 0.404. The molecule has 1 amide bonds. The summed E-state index contributed by atoms with van der Waals surface area (Å²) in [5.74, 6) is -0.612. The maximum Gasteiger partial charge on any atom is 0.274 e. The van der Waals surface area contributed by atoms with Crippen LogP contribution in [0.2, 0.25) is 0 Å². The highest BCUT2D eigenvalue weighted by Gasteiger charge is 2.28. The van der Waals surface area contributed by atoms with E-state index in [-0.39, 0.29) is 21.8 Å². The monoisotopic (exact) mass is 453 g/mol. The van der Waals surface area contributed by atoms with E-state index in [1.54, 1.807) is 30.3 Å². The average molecular weight is 454 g/mol. The van der Waals surface area contributed by atoms with Gasteiger partial charge in [-0.05, 0) is 43.2 Å². The Kier molecular flexibility index (Phi) is 6.89. The molecule has 0 bridgehead atoms. The Balaban J connectivity index is 1.99. The highest BCUT2D eigenvalue weighted by atomic mass is 32.2. The Morgan fingerprint density at radius 3 is 2.31 bits per heavy atom. The first-order chi connectivity index (χ1) is 15.3. The SMILES string of the molecule is CCc1ccccc1N(CC(=O)Nc1cccc([N+](=O)[O-])c1C)S(=O)(=O)c1ccccc1. The van der Waals surface area contributed by atoms with Gasteiger partial charge in [0.2, 0.25) is 5.91 Å². The average Bonchev–Trinajstić information content (AvgIpc) is 2.79. The van der Waals surface area contributed by atoms with Crippen LogP contribution in [0.3, 0.4) is 0 Å². The molecule has 0 aliphatic heterocycles. The minimum Gasteiger partial charge on any atom is -0.324 e. The summed E-state index contributed by atoms with van der Waals surface area (Å²) < 4.78 is 28.0. The third-order valence-electron chi connectivity index (χ3n) is 5.04. The summed E-state index contributed by atoms with van der Waals surface area (Å²) in [5, 5.41) is 13.8. The number of para-hydroxylation sites is 1. The van der Waals surface area contributed by atoms with Crippen LogP contribution in [0.1, 0.15) is 18.1 Å². The third kappa shape index (κ3) is 4.78. The summed E-state index contributed by atoms with van der Waals surface area (Å²) in [4.78, 5) is 23.6. The van der Waals surface area contributed by atoms with Gasteiger partial charge in [-0.2, -0.15) is 0 Å². The number of hydrogen-bond acceptors (Lipinski definition) is 5. The van der Waals surface area contributed by atoms with E-state index in [9.17, 15) is 23.3 Å². The van der Waals surface area contributed by atoms with Crippen molar-refractivity contribution in [2.75, 3.05) is 16.2 Å². The van der Waals surface area contributed by atoms with Crippen molar-refractivity contribution in [3.05, 3.63) is 94.0 Å². The molecule has 0 heterocycles. The predicted octanol–water partition coefficient (Wildman–Crippen LogP) is 4.30. The second-order valence-corrected chi connectivity index (χ2v) is 8.92. The standard InChI is InChI=1S/C23H23N3O5S/c1-3-18-10-7-8-14-22(18)25(32(30,31)19-11-5-4-6-12-19)16-23(27)24-20-13-9-15-21(17(20)2)26(28)29/h4-15H,3,16H2,1-2H3,(H,24,27). The fraction of sp³-hybridized carbons (Fsp3) is 0.174. The normalized spacial score (nSPS) is 11.1. The number of nitro groups is 1. The predicted molar refractivity (Wildman–Crippen MR) is 123 cm³/mol. The maximum absolute atomic E-state index is 13.5. The van der Waals surface area contributed by atoms with E-state index in [2.05, 4.69) is 5.32 Å². The number of carbonyl (C=O) groups excluding carboxylic acids is 1. The number of nitrogens with zero attached hydrogens (tertiary/aromatic N) is 2. The smallest absolute Gasteiger partial charge is 0.274 e. The molecule has 3 aromatic rings. The van der Waals surface area contributed by atoms with E-state index < -0.39 is 27.4 Å². The number of anilines is 2. The maximum atomic E-state index is 13.5. The van der Waals surface area contributed by atoms with Crippen LogP contribution in [0.5, 0.6) is 0 Å². The van der Waals surface area contributed by atoms with E-state index in [1.807, 2.05) is 19.1 Å². The molecule has 3 rings (SSSR count). The largest absolute Gasteiger partial charge is 0.324 e.